The van der Waals surface area contributed by atoms with Gasteiger partial charge in [-0.1, -0.05) is 6.07 Å². The van der Waals surface area contributed by atoms with Crippen molar-refractivity contribution in [3.05, 3.63) is 53.7 Å². The molecule has 1 fully saturated rings. The van der Waals surface area contributed by atoms with Crippen molar-refractivity contribution in [2.24, 2.45) is 0 Å². The van der Waals surface area contributed by atoms with Gasteiger partial charge in [-0.05, 0) is 25.0 Å². The molecule has 126 valence electrons. The molecule has 8 heteroatoms. The highest BCUT2D eigenvalue weighted by Crippen LogP contribution is 2.27. The molecule has 1 aliphatic heterocycles. The van der Waals surface area contributed by atoms with Gasteiger partial charge < -0.3 is 4.90 Å². The van der Waals surface area contributed by atoms with Gasteiger partial charge in [0.15, 0.2) is 10.6 Å². The summed E-state index contributed by atoms with van der Waals surface area (Å²) in [6, 6.07) is 5.87. The van der Waals surface area contributed by atoms with Crippen LogP contribution in [0.5, 0.6) is 0 Å². The Bertz CT molecular complexity index is 1030. The number of nitrogens with zero attached hydrogens (tertiary/aromatic N) is 6. The molecule has 0 spiro atoms. The van der Waals surface area contributed by atoms with E-state index in [4.69, 9.17) is 0 Å². The van der Waals surface area contributed by atoms with Crippen LogP contribution in [-0.4, -0.2) is 47.9 Å². The third-order valence-electron chi connectivity index (χ3n) is 4.73. The number of aromatic nitrogens is 5. The van der Waals surface area contributed by atoms with E-state index < -0.39 is 0 Å². The quantitative estimate of drug-likeness (QED) is 0.556. The zero-order valence-corrected chi connectivity index (χ0v) is 14.3. The van der Waals surface area contributed by atoms with Gasteiger partial charge in [-0.25, -0.2) is 4.98 Å². The van der Waals surface area contributed by atoms with Crippen LogP contribution in [-0.2, 0) is 0 Å². The van der Waals surface area contributed by atoms with Gasteiger partial charge >= 0.3 is 0 Å². The summed E-state index contributed by atoms with van der Waals surface area (Å²) in [7, 11) is 0. The van der Waals surface area contributed by atoms with Crippen molar-refractivity contribution in [2.45, 2.75) is 18.8 Å². The maximum atomic E-state index is 12.9. The van der Waals surface area contributed by atoms with E-state index in [0.29, 0.717) is 12.2 Å². The Morgan fingerprint density at radius 1 is 1.24 bits per heavy atom. The topological polar surface area (TPSA) is 67.8 Å². The fourth-order valence-corrected chi connectivity index (χ4v) is 4.20. The third kappa shape index (κ3) is 2.41. The van der Waals surface area contributed by atoms with Gasteiger partial charge in [0.25, 0.3) is 5.91 Å². The molecule has 0 saturated carbocycles. The number of carbonyl (C=O) groups excluding carboxylic acids is 1. The number of imidazole rings is 1. The largest absolute Gasteiger partial charge is 0.337 e. The normalized spacial score (nSPS) is 18.2. The summed E-state index contributed by atoms with van der Waals surface area (Å²) >= 11 is 1.53. The van der Waals surface area contributed by atoms with Crippen LogP contribution in [0.2, 0.25) is 0 Å². The molecule has 4 aromatic heterocycles. The number of hydrogen-bond acceptors (Lipinski definition) is 5. The summed E-state index contributed by atoms with van der Waals surface area (Å²) in [5.74, 6) is 1.12. The second-order valence-corrected chi connectivity index (χ2v) is 7.17. The van der Waals surface area contributed by atoms with Crippen LogP contribution in [0.1, 0.15) is 35.1 Å². The molecular formula is C17H16N6OS. The van der Waals surface area contributed by atoms with Crippen LogP contribution in [0.15, 0.2) is 42.2 Å². The third-order valence-corrected chi connectivity index (χ3v) is 5.50. The lowest BCUT2D eigenvalue weighted by atomic mass is 9.97. The van der Waals surface area contributed by atoms with E-state index in [2.05, 4.69) is 15.2 Å². The van der Waals surface area contributed by atoms with Crippen molar-refractivity contribution >= 4 is 27.9 Å². The van der Waals surface area contributed by atoms with Crippen molar-refractivity contribution in [2.75, 3.05) is 13.1 Å². The highest BCUT2D eigenvalue weighted by atomic mass is 32.1. The van der Waals surface area contributed by atoms with Crippen molar-refractivity contribution in [3.63, 3.8) is 0 Å². The number of pyridine rings is 1. The van der Waals surface area contributed by atoms with Crippen molar-refractivity contribution < 1.29 is 4.79 Å². The lowest BCUT2D eigenvalue weighted by Crippen LogP contribution is -2.39. The smallest absolute Gasteiger partial charge is 0.274 e. The highest BCUT2D eigenvalue weighted by molar-refractivity contribution is 7.15. The minimum Gasteiger partial charge on any atom is -0.337 e. The molecule has 0 aromatic carbocycles. The molecule has 25 heavy (non-hydrogen) atoms. The van der Waals surface area contributed by atoms with Crippen LogP contribution in [0.25, 0.3) is 10.6 Å². The number of hydrogen-bond donors (Lipinski definition) is 0. The van der Waals surface area contributed by atoms with E-state index in [1.165, 1.54) is 11.3 Å². The van der Waals surface area contributed by atoms with E-state index in [0.717, 1.165) is 35.8 Å². The molecule has 1 aliphatic rings. The molecule has 0 radical (unpaired) electrons. The van der Waals surface area contributed by atoms with E-state index in [-0.39, 0.29) is 11.8 Å². The summed E-state index contributed by atoms with van der Waals surface area (Å²) in [6.07, 6.45) is 7.68. The Morgan fingerprint density at radius 3 is 3.12 bits per heavy atom. The van der Waals surface area contributed by atoms with Crippen LogP contribution in [0.3, 0.4) is 0 Å². The number of carbonyl (C=O) groups is 1. The first-order valence-electron chi connectivity index (χ1n) is 8.31. The Balaban J connectivity index is 1.42. The molecule has 0 bridgehead atoms. The van der Waals surface area contributed by atoms with E-state index >= 15 is 0 Å². The van der Waals surface area contributed by atoms with Crippen molar-refractivity contribution in [1.82, 2.24) is 28.9 Å². The summed E-state index contributed by atoms with van der Waals surface area (Å²) in [6.45, 7) is 1.41. The SMILES string of the molecule is O=C(c1cn2ccsc2n1)N1CCCC(c2nnc3ccccn23)C1. The predicted molar refractivity (Wildman–Crippen MR) is 93.9 cm³/mol. The average molecular weight is 352 g/mol. The molecule has 1 atom stereocenters. The molecule has 1 unspecified atom stereocenters. The Kier molecular flexibility index (Phi) is 3.30. The standard InChI is InChI=1S/C17H16N6OS/c24-16(13-11-22-8-9-25-17(22)18-13)21-6-3-4-12(10-21)15-20-19-14-5-1-2-7-23(14)15/h1-2,5,7-9,11-12H,3-4,6,10H2. The molecule has 1 saturated heterocycles. The van der Waals surface area contributed by atoms with Gasteiger partial charge in [-0.2, -0.15) is 0 Å². The second kappa shape index (κ2) is 5.66. The Hall–Kier alpha value is -2.74. The summed E-state index contributed by atoms with van der Waals surface area (Å²) in [5, 5.41) is 10.6. The summed E-state index contributed by atoms with van der Waals surface area (Å²) in [4.78, 5) is 20.0. The molecule has 4 aromatic rings. The fraction of sp³-hybridized carbons (Fsp3) is 0.294. The Labute approximate surface area is 147 Å². The number of likely N-dealkylation sites (tertiary alicyclic amines) is 1. The summed E-state index contributed by atoms with van der Waals surface area (Å²) in [5.41, 5.74) is 1.36. The van der Waals surface area contributed by atoms with Crippen molar-refractivity contribution in [3.8, 4) is 0 Å². The Morgan fingerprint density at radius 2 is 2.20 bits per heavy atom. The highest BCUT2D eigenvalue weighted by Gasteiger charge is 2.29. The van der Waals surface area contributed by atoms with Gasteiger partial charge in [0.1, 0.15) is 11.5 Å². The lowest BCUT2D eigenvalue weighted by molar-refractivity contribution is 0.0699. The fourth-order valence-electron chi connectivity index (χ4n) is 3.50. The number of fused-ring (bicyclic) bond motifs is 2. The van der Waals surface area contributed by atoms with Crippen molar-refractivity contribution in [1.29, 1.82) is 0 Å². The lowest BCUT2D eigenvalue weighted by Gasteiger charge is -2.31. The molecule has 7 nitrogen and oxygen atoms in total. The van der Waals surface area contributed by atoms with Gasteiger partial charge in [0, 0.05) is 43.0 Å². The van der Waals surface area contributed by atoms with E-state index in [1.807, 2.05) is 55.9 Å². The second-order valence-electron chi connectivity index (χ2n) is 6.30. The molecule has 5 rings (SSSR count). The number of thiazole rings is 1. The van der Waals surface area contributed by atoms with Gasteiger partial charge in [-0.3, -0.25) is 13.6 Å². The van der Waals surface area contributed by atoms with Gasteiger partial charge in [0.2, 0.25) is 0 Å². The van der Waals surface area contributed by atoms with Crippen LogP contribution < -0.4 is 0 Å². The number of rotatable bonds is 2. The van der Waals surface area contributed by atoms with Crippen LogP contribution >= 0.6 is 11.3 Å². The molecule has 1 amide bonds. The van der Waals surface area contributed by atoms with E-state index in [1.54, 1.807) is 0 Å². The zero-order chi connectivity index (χ0) is 16.8. The monoisotopic (exact) mass is 352 g/mol. The van der Waals surface area contributed by atoms with Gasteiger partial charge in [0.05, 0.1) is 0 Å². The molecule has 0 aliphatic carbocycles. The molecule has 5 heterocycles. The summed E-state index contributed by atoms with van der Waals surface area (Å²) < 4.78 is 3.91. The number of piperidine rings is 1. The van der Waals surface area contributed by atoms with E-state index in [9.17, 15) is 4.79 Å². The zero-order valence-electron chi connectivity index (χ0n) is 13.4. The first-order valence-corrected chi connectivity index (χ1v) is 9.19. The average Bonchev–Trinajstić information content (AvgIpc) is 3.35. The predicted octanol–water partition coefficient (Wildman–Crippen LogP) is 2.46. The first-order chi connectivity index (χ1) is 12.3. The first kappa shape index (κ1) is 14.6. The van der Waals surface area contributed by atoms with Gasteiger partial charge in [-0.15, -0.1) is 21.5 Å². The maximum absolute atomic E-state index is 12.9. The molecule has 0 N–H and O–H groups in total. The molecular weight excluding hydrogens is 336 g/mol. The number of amides is 1. The minimum atomic E-state index is -0.00517. The minimum absolute atomic E-state index is 0.00517. The van der Waals surface area contributed by atoms with Crippen LogP contribution in [0.4, 0.5) is 0 Å². The maximum Gasteiger partial charge on any atom is 0.274 e. The van der Waals surface area contributed by atoms with Crippen LogP contribution in [0, 0.1) is 0 Å².